The molecule has 5 aliphatic rings. The number of Topliss-reactive ketones (excluding diaryl/α,β-unsaturated/α-hetero) is 1. The molecule has 0 spiro atoms. The molecule has 0 radical (unpaired) electrons. The Morgan fingerprint density at radius 2 is 1.42 bits per heavy atom. The molecule has 0 aromatic carbocycles. The van der Waals surface area contributed by atoms with Gasteiger partial charge in [-0.05, 0) is 85.2 Å². The van der Waals surface area contributed by atoms with Crippen LogP contribution in [0.25, 0.3) is 0 Å². The zero-order valence-corrected chi connectivity index (χ0v) is 21.1. The van der Waals surface area contributed by atoms with Crippen molar-refractivity contribution < 1.29 is 14.4 Å². The highest BCUT2D eigenvalue weighted by atomic mass is 16.1. The Hall–Kier alpha value is -1.51. The van der Waals surface area contributed by atoms with E-state index >= 15 is 0 Å². The van der Waals surface area contributed by atoms with Gasteiger partial charge in [-0.15, -0.1) is 0 Å². The Balaban J connectivity index is 0.000000146. The van der Waals surface area contributed by atoms with E-state index in [-0.39, 0.29) is 11.2 Å². The van der Waals surface area contributed by atoms with Crippen LogP contribution in [0.3, 0.4) is 0 Å². The second kappa shape index (κ2) is 7.81. The molecule has 0 saturated heterocycles. The molecule has 4 saturated carbocycles. The maximum Gasteiger partial charge on any atom is 0.156 e. The second-order valence-corrected chi connectivity index (χ2v) is 12.8. The quantitative estimate of drug-likeness (QED) is 0.458. The molecular weight excluding hydrogens is 384 g/mol. The number of carbonyl (C=O) groups excluding carboxylic acids is 3. The van der Waals surface area contributed by atoms with Gasteiger partial charge < -0.3 is 0 Å². The molecule has 3 heteroatoms. The summed E-state index contributed by atoms with van der Waals surface area (Å²) in [6, 6.07) is 0. The Morgan fingerprint density at radius 1 is 0.871 bits per heavy atom. The van der Waals surface area contributed by atoms with Crippen molar-refractivity contribution in [3.63, 3.8) is 0 Å². The van der Waals surface area contributed by atoms with Crippen molar-refractivity contribution in [2.45, 2.75) is 88.0 Å². The maximum absolute atomic E-state index is 11.6. The molecule has 172 valence electrons. The fourth-order valence-corrected chi connectivity index (χ4v) is 7.05. The van der Waals surface area contributed by atoms with E-state index in [1.165, 1.54) is 12.0 Å². The molecule has 0 aliphatic heterocycles. The van der Waals surface area contributed by atoms with Crippen LogP contribution in [0.5, 0.6) is 0 Å². The van der Waals surface area contributed by atoms with E-state index in [2.05, 4.69) is 41.5 Å². The molecule has 3 nitrogen and oxygen atoms in total. The monoisotopic (exact) mass is 426 g/mol. The zero-order chi connectivity index (χ0) is 23.5. The summed E-state index contributed by atoms with van der Waals surface area (Å²) >= 11 is 0. The van der Waals surface area contributed by atoms with Gasteiger partial charge in [-0.25, -0.2) is 0 Å². The fourth-order valence-electron chi connectivity index (χ4n) is 7.05. The third kappa shape index (κ3) is 4.66. The molecule has 0 bridgehead atoms. The number of carbonyl (C=O) groups is 3. The highest BCUT2D eigenvalue weighted by Gasteiger charge is 2.68. The highest BCUT2D eigenvalue weighted by molar-refractivity contribution is 5.92. The van der Waals surface area contributed by atoms with Crippen LogP contribution in [0.15, 0.2) is 23.3 Å². The van der Waals surface area contributed by atoms with Crippen molar-refractivity contribution in [2.75, 3.05) is 0 Å². The summed E-state index contributed by atoms with van der Waals surface area (Å²) in [5.74, 6) is 4.88. The van der Waals surface area contributed by atoms with Crippen molar-refractivity contribution in [1.82, 2.24) is 0 Å². The van der Waals surface area contributed by atoms with Crippen molar-refractivity contribution in [2.24, 2.45) is 45.8 Å². The normalized spacial score (nSPS) is 36.3. The average Bonchev–Trinajstić information content (AvgIpc) is 3.09. The first-order chi connectivity index (χ1) is 14.1. The number of ketones is 3. The van der Waals surface area contributed by atoms with Gasteiger partial charge >= 0.3 is 0 Å². The first-order valence-corrected chi connectivity index (χ1v) is 12.0. The third-order valence-electron chi connectivity index (χ3n) is 8.85. The molecule has 0 aromatic rings. The van der Waals surface area contributed by atoms with Crippen LogP contribution in [0.2, 0.25) is 0 Å². The van der Waals surface area contributed by atoms with Crippen LogP contribution >= 0.6 is 0 Å². The minimum Gasteiger partial charge on any atom is -0.300 e. The van der Waals surface area contributed by atoms with Crippen LogP contribution in [0.4, 0.5) is 0 Å². The molecule has 0 N–H and O–H groups in total. The fraction of sp³-hybridized carbons (Fsp3) is 0.750. The van der Waals surface area contributed by atoms with Crippen LogP contribution in [0, 0.1) is 45.8 Å². The summed E-state index contributed by atoms with van der Waals surface area (Å²) in [5.41, 5.74) is 3.79. The van der Waals surface area contributed by atoms with Gasteiger partial charge in [0.05, 0.1) is 0 Å². The lowest BCUT2D eigenvalue weighted by Gasteiger charge is -2.38. The van der Waals surface area contributed by atoms with Crippen molar-refractivity contribution >= 4 is 17.3 Å². The summed E-state index contributed by atoms with van der Waals surface area (Å²) in [7, 11) is 0. The standard InChI is InChI=1S/C14H20O.C8H12O.C6H10O/c1-13(2)7-9(15)5-8-6-10-12(11(8)13)14(10,3)4;1-8(2)6-3-5(9)4-7(6)8;1-5(2)4-6(3)7/h5,10-12H,6-7H2,1-4H3;6-7H,3-4H2,1-2H3;4H,1-3H3/t10-,11-,12-;6-,7+;/m1../s1. The topological polar surface area (TPSA) is 51.2 Å². The van der Waals surface area contributed by atoms with Crippen molar-refractivity contribution in [1.29, 1.82) is 0 Å². The summed E-state index contributed by atoms with van der Waals surface area (Å²) in [4.78, 5) is 32.6. The van der Waals surface area contributed by atoms with Crippen LogP contribution in [-0.2, 0) is 14.4 Å². The van der Waals surface area contributed by atoms with Gasteiger partial charge in [0.15, 0.2) is 11.6 Å². The predicted octanol–water partition coefficient (Wildman–Crippen LogP) is 6.37. The lowest BCUT2D eigenvalue weighted by atomic mass is 9.65. The molecule has 5 aliphatic carbocycles. The number of fused-ring (bicyclic) bond motifs is 4. The van der Waals surface area contributed by atoms with E-state index < -0.39 is 0 Å². The zero-order valence-electron chi connectivity index (χ0n) is 21.1. The van der Waals surface area contributed by atoms with Gasteiger partial charge in [-0.1, -0.05) is 52.7 Å². The summed E-state index contributed by atoms with van der Waals surface area (Å²) in [5, 5.41) is 0. The number of hydrogen-bond donors (Lipinski definition) is 0. The molecular formula is C28H42O3. The largest absolute Gasteiger partial charge is 0.300 e. The molecule has 0 heterocycles. The molecule has 5 atom stereocenters. The molecule has 0 unspecified atom stereocenters. The highest BCUT2D eigenvalue weighted by Crippen LogP contribution is 2.74. The van der Waals surface area contributed by atoms with Gasteiger partial charge in [0.2, 0.25) is 0 Å². The number of allylic oxidation sites excluding steroid dienone is 4. The van der Waals surface area contributed by atoms with E-state index in [1.807, 2.05) is 19.9 Å². The summed E-state index contributed by atoms with van der Waals surface area (Å²) < 4.78 is 0. The lowest BCUT2D eigenvalue weighted by Crippen LogP contribution is -2.33. The predicted molar refractivity (Wildman–Crippen MR) is 125 cm³/mol. The molecule has 5 rings (SSSR count). The van der Waals surface area contributed by atoms with E-state index in [1.54, 1.807) is 13.0 Å². The minimum atomic E-state index is 0.125. The van der Waals surface area contributed by atoms with Gasteiger partial charge in [0.25, 0.3) is 0 Å². The van der Waals surface area contributed by atoms with E-state index in [0.29, 0.717) is 28.3 Å². The summed E-state index contributed by atoms with van der Waals surface area (Å²) in [6.07, 6.45) is 7.26. The van der Waals surface area contributed by atoms with E-state index in [0.717, 1.165) is 48.5 Å². The maximum atomic E-state index is 11.6. The Bertz CT molecular complexity index is 831. The Labute approximate surface area is 189 Å². The van der Waals surface area contributed by atoms with Gasteiger partial charge in [0.1, 0.15) is 5.78 Å². The van der Waals surface area contributed by atoms with Gasteiger partial charge in [-0.2, -0.15) is 0 Å². The van der Waals surface area contributed by atoms with E-state index in [9.17, 15) is 14.4 Å². The molecule has 0 amide bonds. The molecule has 4 fully saturated rings. The number of rotatable bonds is 1. The third-order valence-corrected chi connectivity index (χ3v) is 8.85. The molecule has 0 aromatic heterocycles. The number of hydrogen-bond acceptors (Lipinski definition) is 3. The minimum absolute atomic E-state index is 0.125. The van der Waals surface area contributed by atoms with Crippen molar-refractivity contribution in [3.05, 3.63) is 23.3 Å². The SMILES string of the molecule is CC(=O)C=C(C)C.CC1(C)CC(=O)C=C2C[C@@H]3[C@H]([C@@H]21)C3(C)C.CC1(C)[C@@H]2CC(=O)C[C@@H]21. The second-order valence-electron chi connectivity index (χ2n) is 12.8. The first kappa shape index (κ1) is 24.1. The first-order valence-electron chi connectivity index (χ1n) is 12.0. The average molecular weight is 427 g/mol. The van der Waals surface area contributed by atoms with Crippen LogP contribution < -0.4 is 0 Å². The Morgan fingerprint density at radius 3 is 1.84 bits per heavy atom. The lowest BCUT2D eigenvalue weighted by molar-refractivity contribution is -0.119. The van der Waals surface area contributed by atoms with Crippen molar-refractivity contribution in [3.8, 4) is 0 Å². The van der Waals surface area contributed by atoms with E-state index in [4.69, 9.17) is 0 Å². The van der Waals surface area contributed by atoms with Crippen LogP contribution in [0.1, 0.15) is 88.0 Å². The van der Waals surface area contributed by atoms with Gasteiger partial charge in [-0.3, -0.25) is 14.4 Å². The van der Waals surface area contributed by atoms with Gasteiger partial charge in [0, 0.05) is 19.3 Å². The van der Waals surface area contributed by atoms with Crippen LogP contribution in [-0.4, -0.2) is 17.3 Å². The Kier molecular flexibility index (Phi) is 6.08. The smallest absolute Gasteiger partial charge is 0.156 e. The summed E-state index contributed by atoms with van der Waals surface area (Å²) in [6.45, 7) is 19.2. The molecule has 31 heavy (non-hydrogen) atoms.